The van der Waals surface area contributed by atoms with Gasteiger partial charge in [-0.25, -0.2) is 0 Å². The Morgan fingerprint density at radius 1 is 1.07 bits per heavy atom. The maximum Gasteiger partial charge on any atom is 0.303 e. The molecule has 2 nitrogen and oxygen atoms in total. The van der Waals surface area contributed by atoms with E-state index < -0.39 is 10.0 Å². The molecule has 0 radical (unpaired) electrons. The van der Waals surface area contributed by atoms with E-state index in [2.05, 4.69) is 45.3 Å². The molecule has 0 spiro atoms. The van der Waals surface area contributed by atoms with E-state index in [0.29, 0.717) is 0 Å². The molecule has 14 heavy (non-hydrogen) atoms. The molecule has 0 amide bonds. The summed E-state index contributed by atoms with van der Waals surface area (Å²) in [6.07, 6.45) is 5.45. The van der Waals surface area contributed by atoms with Gasteiger partial charge >= 0.3 is 10.0 Å². The van der Waals surface area contributed by atoms with Crippen LogP contribution in [0.4, 0.5) is 0 Å². The molecule has 3 rings (SSSR count). The Bertz CT molecular complexity index is 278. The first kappa shape index (κ1) is 11.2. The Morgan fingerprint density at radius 3 is 2.21 bits per heavy atom. The number of hydrogen-bond donors (Lipinski definition) is 0. The summed E-state index contributed by atoms with van der Waals surface area (Å²) in [5.74, 6) is 0. The average Bonchev–Trinajstić information content (AvgIpc) is 2.56. The predicted octanol–water partition coefficient (Wildman–Crippen LogP) is 1.53. The quantitative estimate of drug-likeness (QED) is 0.686. The second-order valence-corrected chi connectivity index (χ2v) is 4.43. The molecule has 0 N–H and O–H groups in total. The van der Waals surface area contributed by atoms with E-state index >= 15 is 0 Å². The van der Waals surface area contributed by atoms with Crippen molar-refractivity contribution in [2.24, 2.45) is 0 Å². The molecular weight excluding hydrogens is 192 g/mol. The standard InChI is InChI=1S/C9H8.C2H8O2Si/c1-2-8-4-6-9(3-1)7-5-8;1-3-5-4-2/h1-2,4-7H,3H2;5H2,1-2H3. The molecule has 0 fully saturated rings. The lowest BCUT2D eigenvalue weighted by atomic mass is 10.2. The first-order valence-electron chi connectivity index (χ1n) is 4.60. The third-order valence-electron chi connectivity index (χ3n) is 1.88. The van der Waals surface area contributed by atoms with Crippen molar-refractivity contribution in [3.8, 4) is 0 Å². The molecule has 1 aromatic rings. The van der Waals surface area contributed by atoms with Gasteiger partial charge in [0.25, 0.3) is 0 Å². The Labute approximate surface area is 87.6 Å². The monoisotopic (exact) mass is 208 g/mol. The van der Waals surface area contributed by atoms with Gasteiger partial charge in [-0.2, -0.15) is 0 Å². The minimum Gasteiger partial charge on any atom is -0.402 e. The van der Waals surface area contributed by atoms with Gasteiger partial charge in [-0.15, -0.1) is 0 Å². The van der Waals surface area contributed by atoms with Crippen molar-refractivity contribution in [3.05, 3.63) is 41.5 Å². The van der Waals surface area contributed by atoms with Gasteiger partial charge < -0.3 is 8.85 Å². The molecule has 0 aliphatic heterocycles. The minimum atomic E-state index is -0.568. The molecular formula is C11H16O2Si. The average molecular weight is 208 g/mol. The van der Waals surface area contributed by atoms with Gasteiger partial charge in [0.15, 0.2) is 0 Å². The minimum absolute atomic E-state index is 0.568. The van der Waals surface area contributed by atoms with Crippen molar-refractivity contribution in [1.82, 2.24) is 0 Å². The third-order valence-corrected chi connectivity index (χ3v) is 2.35. The van der Waals surface area contributed by atoms with Crippen molar-refractivity contribution >= 4 is 16.1 Å². The van der Waals surface area contributed by atoms with Gasteiger partial charge in [0.1, 0.15) is 0 Å². The van der Waals surface area contributed by atoms with E-state index in [4.69, 9.17) is 0 Å². The Morgan fingerprint density at radius 2 is 1.71 bits per heavy atom. The van der Waals surface area contributed by atoms with Crippen molar-refractivity contribution < 1.29 is 8.85 Å². The number of rotatable bonds is 2. The molecule has 2 bridgehead atoms. The zero-order valence-electron chi connectivity index (χ0n) is 8.69. The summed E-state index contributed by atoms with van der Waals surface area (Å²) < 4.78 is 9.22. The van der Waals surface area contributed by atoms with Gasteiger partial charge in [0.05, 0.1) is 0 Å². The van der Waals surface area contributed by atoms with Crippen LogP contribution in [0.25, 0.3) is 6.08 Å². The Kier molecular flexibility index (Phi) is 5.22. The number of allylic oxidation sites excluding steroid dienone is 1. The maximum absolute atomic E-state index is 4.61. The van der Waals surface area contributed by atoms with Crippen LogP contribution in [0.2, 0.25) is 0 Å². The van der Waals surface area contributed by atoms with Gasteiger partial charge in [-0.3, -0.25) is 0 Å². The molecule has 0 heterocycles. The van der Waals surface area contributed by atoms with Crippen molar-refractivity contribution in [2.45, 2.75) is 6.42 Å². The van der Waals surface area contributed by atoms with E-state index in [1.165, 1.54) is 11.1 Å². The molecule has 0 unspecified atom stereocenters. The Balaban J connectivity index is 0.000000171. The van der Waals surface area contributed by atoms with Crippen LogP contribution in [0, 0.1) is 0 Å². The van der Waals surface area contributed by atoms with E-state index in [1.807, 2.05) is 0 Å². The number of benzene rings is 1. The molecule has 0 saturated heterocycles. The topological polar surface area (TPSA) is 18.5 Å². The highest BCUT2D eigenvalue weighted by Crippen LogP contribution is 2.11. The van der Waals surface area contributed by atoms with Crippen molar-refractivity contribution in [1.29, 1.82) is 0 Å². The van der Waals surface area contributed by atoms with E-state index in [-0.39, 0.29) is 0 Å². The van der Waals surface area contributed by atoms with Crippen molar-refractivity contribution in [2.75, 3.05) is 14.2 Å². The summed E-state index contributed by atoms with van der Waals surface area (Å²) in [6.45, 7) is 0. The van der Waals surface area contributed by atoms with Crippen LogP contribution >= 0.6 is 0 Å². The second kappa shape index (κ2) is 6.54. The molecule has 1 aromatic carbocycles. The Hall–Kier alpha value is -0.903. The van der Waals surface area contributed by atoms with Gasteiger partial charge in [0.2, 0.25) is 0 Å². The summed E-state index contributed by atoms with van der Waals surface area (Å²) in [5.41, 5.74) is 2.73. The smallest absolute Gasteiger partial charge is 0.303 e. The van der Waals surface area contributed by atoms with Crippen LogP contribution in [0.3, 0.4) is 0 Å². The van der Waals surface area contributed by atoms with Crippen LogP contribution in [-0.2, 0) is 15.3 Å². The molecule has 0 atom stereocenters. The second-order valence-electron chi connectivity index (χ2n) is 3.04. The fraction of sp³-hybridized carbons (Fsp3) is 0.273. The van der Waals surface area contributed by atoms with Crippen molar-refractivity contribution in [3.63, 3.8) is 0 Å². The molecule has 76 valence electrons. The summed E-state index contributed by atoms with van der Waals surface area (Å²) in [7, 11) is 2.73. The lowest BCUT2D eigenvalue weighted by Crippen LogP contribution is -1.93. The summed E-state index contributed by atoms with van der Waals surface area (Å²) in [6, 6.07) is 8.66. The first-order chi connectivity index (χ1) is 6.86. The normalized spacial score (nSPS) is 11.9. The summed E-state index contributed by atoms with van der Waals surface area (Å²) in [4.78, 5) is 0. The zero-order chi connectivity index (χ0) is 10.2. The fourth-order valence-corrected chi connectivity index (χ4v) is 1.45. The molecule has 3 heteroatoms. The van der Waals surface area contributed by atoms with E-state index in [1.54, 1.807) is 14.2 Å². The molecule has 0 aromatic heterocycles. The highest BCUT2D eigenvalue weighted by molar-refractivity contribution is 6.17. The highest BCUT2D eigenvalue weighted by Gasteiger charge is 1.93. The lowest BCUT2D eigenvalue weighted by molar-refractivity contribution is 0.309. The van der Waals surface area contributed by atoms with Crippen LogP contribution < -0.4 is 0 Å². The highest BCUT2D eigenvalue weighted by atomic mass is 28.3. The summed E-state index contributed by atoms with van der Waals surface area (Å²) >= 11 is 0. The molecule has 2 aliphatic carbocycles. The SMILES string of the molecule is C1=Cc2ccc(cc2)C1.CO[SiH2]OC. The number of fused-ring (bicyclic) bond motifs is 3. The molecule has 0 saturated carbocycles. The largest absolute Gasteiger partial charge is 0.402 e. The summed E-state index contributed by atoms with van der Waals surface area (Å²) in [5, 5.41) is 0. The zero-order valence-corrected chi connectivity index (χ0v) is 10.1. The first-order valence-corrected chi connectivity index (χ1v) is 5.75. The van der Waals surface area contributed by atoms with Gasteiger partial charge in [0, 0.05) is 14.2 Å². The van der Waals surface area contributed by atoms with Crippen LogP contribution in [0.5, 0.6) is 0 Å². The van der Waals surface area contributed by atoms with Gasteiger partial charge in [-0.1, -0.05) is 36.4 Å². The molecule has 2 aliphatic rings. The van der Waals surface area contributed by atoms with E-state index in [9.17, 15) is 0 Å². The number of hydrogen-bond acceptors (Lipinski definition) is 2. The van der Waals surface area contributed by atoms with Crippen LogP contribution in [0.15, 0.2) is 30.3 Å². The van der Waals surface area contributed by atoms with Gasteiger partial charge in [-0.05, 0) is 17.5 Å². The predicted molar refractivity (Wildman–Crippen MR) is 61.7 cm³/mol. The van der Waals surface area contributed by atoms with Crippen LogP contribution in [-0.4, -0.2) is 24.2 Å². The fourth-order valence-electron chi connectivity index (χ4n) is 1.21. The lowest BCUT2D eigenvalue weighted by Gasteiger charge is -1.90. The maximum atomic E-state index is 4.61. The van der Waals surface area contributed by atoms with Crippen LogP contribution in [0.1, 0.15) is 11.1 Å². The van der Waals surface area contributed by atoms with E-state index in [0.717, 1.165) is 6.42 Å². The third kappa shape index (κ3) is 3.87.